The molecule has 1 unspecified atom stereocenters. The van der Waals surface area contributed by atoms with E-state index in [-0.39, 0.29) is 0 Å². The van der Waals surface area contributed by atoms with Crippen LogP contribution in [0.2, 0.25) is 5.02 Å². The minimum Gasteiger partial charge on any atom is -0.491 e. The van der Waals surface area contributed by atoms with Crippen LogP contribution in [-0.4, -0.2) is 40.3 Å². The predicted molar refractivity (Wildman–Crippen MR) is 91.8 cm³/mol. The van der Waals surface area contributed by atoms with Crippen molar-refractivity contribution in [1.82, 2.24) is 9.88 Å². The second kappa shape index (κ2) is 7.39. The van der Waals surface area contributed by atoms with Gasteiger partial charge in [-0.3, -0.25) is 4.90 Å². The second-order valence-electron chi connectivity index (χ2n) is 6.30. The fourth-order valence-corrected chi connectivity index (χ4v) is 3.20. The molecule has 0 radical (unpaired) electrons. The molecule has 1 aliphatic heterocycles. The van der Waals surface area contributed by atoms with Gasteiger partial charge in [0.2, 0.25) is 0 Å². The molecule has 1 fully saturated rings. The van der Waals surface area contributed by atoms with Crippen molar-refractivity contribution >= 4 is 11.6 Å². The molecular weight excluding hydrogens is 312 g/mol. The van der Waals surface area contributed by atoms with Crippen molar-refractivity contribution in [3.8, 4) is 5.75 Å². The van der Waals surface area contributed by atoms with E-state index in [1.54, 1.807) is 6.07 Å². The van der Waals surface area contributed by atoms with Gasteiger partial charge in [-0.2, -0.15) is 0 Å². The number of rotatable bonds is 5. The first kappa shape index (κ1) is 16.4. The van der Waals surface area contributed by atoms with E-state index in [0.29, 0.717) is 23.8 Å². The van der Waals surface area contributed by atoms with E-state index < -0.39 is 5.60 Å². The number of benzene rings is 1. The summed E-state index contributed by atoms with van der Waals surface area (Å²) < 4.78 is 5.77. The van der Waals surface area contributed by atoms with Gasteiger partial charge < -0.3 is 14.8 Å². The largest absolute Gasteiger partial charge is 0.491 e. The van der Waals surface area contributed by atoms with Crippen molar-refractivity contribution in [2.75, 3.05) is 19.7 Å². The van der Waals surface area contributed by atoms with Crippen molar-refractivity contribution in [3.05, 3.63) is 53.3 Å². The molecule has 1 aliphatic rings. The number of ether oxygens (including phenoxy) is 1. The maximum atomic E-state index is 10.8. The summed E-state index contributed by atoms with van der Waals surface area (Å²) in [6, 6.07) is 11.4. The second-order valence-corrected chi connectivity index (χ2v) is 6.73. The number of nitrogens with one attached hydrogen (secondary N) is 1. The number of aromatic nitrogens is 1. The lowest BCUT2D eigenvalue weighted by molar-refractivity contribution is -0.0168. The Morgan fingerprint density at radius 1 is 1.22 bits per heavy atom. The quantitative estimate of drug-likeness (QED) is 0.880. The summed E-state index contributed by atoms with van der Waals surface area (Å²) in [5.74, 6) is 0.707. The average molecular weight is 335 g/mol. The maximum absolute atomic E-state index is 10.8. The van der Waals surface area contributed by atoms with Gasteiger partial charge in [-0.05, 0) is 56.1 Å². The van der Waals surface area contributed by atoms with E-state index in [1.807, 2.05) is 30.5 Å². The Hall–Kier alpha value is -1.49. The van der Waals surface area contributed by atoms with Crippen LogP contribution in [0.3, 0.4) is 0 Å². The van der Waals surface area contributed by atoms with E-state index in [0.717, 1.165) is 32.5 Å². The van der Waals surface area contributed by atoms with Gasteiger partial charge in [0.1, 0.15) is 12.4 Å². The Balaban J connectivity index is 1.53. The zero-order valence-electron chi connectivity index (χ0n) is 13.2. The van der Waals surface area contributed by atoms with E-state index in [1.165, 1.54) is 5.69 Å². The van der Waals surface area contributed by atoms with Gasteiger partial charge in [0, 0.05) is 30.0 Å². The number of halogens is 1. The number of aliphatic hydroxyl groups is 1. The van der Waals surface area contributed by atoms with Gasteiger partial charge in [-0.1, -0.05) is 17.7 Å². The number of hydrogen-bond donors (Lipinski definition) is 2. The zero-order valence-corrected chi connectivity index (χ0v) is 13.9. The van der Waals surface area contributed by atoms with E-state index in [9.17, 15) is 5.11 Å². The molecule has 0 amide bonds. The van der Waals surface area contributed by atoms with E-state index in [4.69, 9.17) is 16.3 Å². The molecule has 124 valence electrons. The highest BCUT2D eigenvalue weighted by molar-refractivity contribution is 6.30. The standard InChI is InChI=1S/C18H23ClN2O2/c19-15-4-1-6-17(12-15)23-14-18(22)7-3-10-21(11-8-18)13-16-5-2-9-20-16/h1-2,4-6,9,12,20,22H,3,7-8,10-11,13-14H2. The first-order valence-corrected chi connectivity index (χ1v) is 8.46. The average Bonchev–Trinajstić information content (AvgIpc) is 2.97. The lowest BCUT2D eigenvalue weighted by Gasteiger charge is -2.27. The molecule has 0 saturated carbocycles. The van der Waals surface area contributed by atoms with Crippen molar-refractivity contribution in [3.63, 3.8) is 0 Å². The van der Waals surface area contributed by atoms with Crippen molar-refractivity contribution < 1.29 is 9.84 Å². The molecule has 5 heteroatoms. The molecule has 2 heterocycles. The zero-order chi connectivity index (χ0) is 16.1. The van der Waals surface area contributed by atoms with Crippen LogP contribution in [0.4, 0.5) is 0 Å². The first-order chi connectivity index (χ1) is 11.1. The maximum Gasteiger partial charge on any atom is 0.120 e. The monoisotopic (exact) mass is 334 g/mol. The molecule has 1 aromatic heterocycles. The first-order valence-electron chi connectivity index (χ1n) is 8.08. The van der Waals surface area contributed by atoms with Gasteiger partial charge >= 0.3 is 0 Å². The third-order valence-electron chi connectivity index (χ3n) is 4.37. The van der Waals surface area contributed by atoms with Crippen LogP contribution >= 0.6 is 11.6 Å². The minimum absolute atomic E-state index is 0.309. The minimum atomic E-state index is -0.771. The number of aromatic amines is 1. The summed E-state index contributed by atoms with van der Waals surface area (Å²) in [4.78, 5) is 5.61. The van der Waals surface area contributed by atoms with Crippen LogP contribution in [-0.2, 0) is 6.54 Å². The van der Waals surface area contributed by atoms with E-state index in [2.05, 4.69) is 16.0 Å². The van der Waals surface area contributed by atoms with Gasteiger partial charge in [0.15, 0.2) is 0 Å². The number of hydrogen-bond acceptors (Lipinski definition) is 3. The Morgan fingerprint density at radius 3 is 2.91 bits per heavy atom. The summed E-state index contributed by atoms with van der Waals surface area (Å²) in [5, 5.41) is 11.5. The van der Waals surface area contributed by atoms with E-state index >= 15 is 0 Å². The fourth-order valence-electron chi connectivity index (χ4n) is 3.02. The molecule has 0 spiro atoms. The molecular formula is C18H23ClN2O2. The van der Waals surface area contributed by atoms with Gasteiger partial charge in [-0.25, -0.2) is 0 Å². The smallest absolute Gasteiger partial charge is 0.120 e. The topological polar surface area (TPSA) is 48.5 Å². The molecule has 1 atom stereocenters. The summed E-state index contributed by atoms with van der Waals surface area (Å²) in [7, 11) is 0. The normalized spacial score (nSPS) is 22.7. The van der Waals surface area contributed by atoms with Crippen LogP contribution in [0.15, 0.2) is 42.6 Å². The Kier molecular flexibility index (Phi) is 5.26. The molecule has 4 nitrogen and oxygen atoms in total. The van der Waals surface area contributed by atoms with Gasteiger partial charge in [-0.15, -0.1) is 0 Å². The van der Waals surface area contributed by atoms with Crippen molar-refractivity contribution in [2.45, 2.75) is 31.4 Å². The third kappa shape index (κ3) is 4.74. The predicted octanol–water partition coefficient (Wildman–Crippen LogP) is 3.46. The Labute approximate surface area is 142 Å². The molecule has 1 aromatic carbocycles. The number of nitrogens with zero attached hydrogens (tertiary/aromatic N) is 1. The molecule has 2 aromatic rings. The summed E-state index contributed by atoms with van der Waals surface area (Å²) in [6.45, 7) is 3.08. The number of H-pyrrole nitrogens is 1. The van der Waals surface area contributed by atoms with Gasteiger partial charge in [0.25, 0.3) is 0 Å². The van der Waals surface area contributed by atoms with Crippen LogP contribution in [0, 0.1) is 0 Å². The molecule has 2 N–H and O–H groups in total. The summed E-state index contributed by atoms with van der Waals surface area (Å²) in [5.41, 5.74) is 0.443. The van der Waals surface area contributed by atoms with Gasteiger partial charge in [0.05, 0.1) is 5.60 Å². The summed E-state index contributed by atoms with van der Waals surface area (Å²) in [6.07, 6.45) is 4.39. The third-order valence-corrected chi connectivity index (χ3v) is 4.60. The lowest BCUT2D eigenvalue weighted by atomic mass is 9.96. The highest BCUT2D eigenvalue weighted by Crippen LogP contribution is 2.25. The molecule has 1 saturated heterocycles. The van der Waals surface area contributed by atoms with Crippen molar-refractivity contribution in [1.29, 1.82) is 0 Å². The van der Waals surface area contributed by atoms with Crippen LogP contribution in [0.1, 0.15) is 25.0 Å². The molecule has 0 bridgehead atoms. The van der Waals surface area contributed by atoms with Crippen LogP contribution < -0.4 is 4.74 Å². The lowest BCUT2D eigenvalue weighted by Crippen LogP contribution is -2.37. The van der Waals surface area contributed by atoms with Crippen LogP contribution in [0.25, 0.3) is 0 Å². The Bertz CT molecular complexity index is 617. The molecule has 3 rings (SSSR count). The SMILES string of the molecule is OC1(COc2cccc(Cl)c2)CCCN(Cc2ccc[nH]2)CC1. The van der Waals surface area contributed by atoms with Crippen molar-refractivity contribution in [2.24, 2.45) is 0 Å². The fraction of sp³-hybridized carbons (Fsp3) is 0.444. The highest BCUT2D eigenvalue weighted by atomic mass is 35.5. The molecule has 0 aliphatic carbocycles. The number of likely N-dealkylation sites (tertiary alicyclic amines) is 1. The Morgan fingerprint density at radius 2 is 2.13 bits per heavy atom. The van der Waals surface area contributed by atoms with Crippen LogP contribution in [0.5, 0.6) is 5.75 Å². The summed E-state index contributed by atoms with van der Waals surface area (Å²) >= 11 is 5.96. The molecule has 23 heavy (non-hydrogen) atoms. The highest BCUT2D eigenvalue weighted by Gasteiger charge is 2.31.